The van der Waals surface area contributed by atoms with Crippen LogP contribution >= 0.6 is 19.2 Å². The van der Waals surface area contributed by atoms with E-state index in [0.717, 1.165) is 33.3 Å². The molecule has 0 saturated carbocycles. The number of nitrogens with zero attached hydrogens (tertiary/aromatic N) is 3. The largest absolute Gasteiger partial charge is 0.370 e. The summed E-state index contributed by atoms with van der Waals surface area (Å²) < 4.78 is 12.6. The Kier molecular flexibility index (Phi) is 23.7. The maximum atomic E-state index is 15.4. The zero-order valence-corrected chi connectivity index (χ0v) is 54.1. The molecule has 13 N–H and O–H groups in total. The van der Waals surface area contributed by atoms with Crippen LogP contribution in [0, 0.1) is 35.0 Å². The van der Waals surface area contributed by atoms with E-state index in [4.69, 9.17) is 15.2 Å². The number of para-hydroxylation sites is 1. The number of amides is 14. The number of carbonyl (C=O) groups is 14. The summed E-state index contributed by atoms with van der Waals surface area (Å²) in [5.74, 6) is -15.6. The molecular formula is C61H76N15O16PS. The van der Waals surface area contributed by atoms with Crippen molar-refractivity contribution >= 4 is 118 Å². The number of carbonyl (C=O) groups excluding carboxylic acids is 14. The first-order valence-corrected chi connectivity index (χ1v) is 33.2. The van der Waals surface area contributed by atoms with Crippen molar-refractivity contribution < 1.29 is 76.6 Å². The summed E-state index contributed by atoms with van der Waals surface area (Å²) in [6.45, 7) is 7.74. The number of ether oxygens (including phenoxy) is 2. The predicted molar refractivity (Wildman–Crippen MR) is 337 cm³/mol. The van der Waals surface area contributed by atoms with E-state index in [2.05, 4.69) is 64.2 Å². The Labute approximate surface area is 545 Å². The second-order valence-corrected chi connectivity index (χ2v) is 26.6. The zero-order chi connectivity index (χ0) is 68.2. The number of imide groups is 1. The summed E-state index contributed by atoms with van der Waals surface area (Å²) in [6.07, 6.45) is -1.14. The van der Waals surface area contributed by atoms with Crippen LogP contribution in [0.1, 0.15) is 84.6 Å². The zero-order valence-electron chi connectivity index (χ0n) is 52.3. The molecule has 5 aliphatic heterocycles. The molecular weight excluding hydrogens is 1260 g/mol. The van der Waals surface area contributed by atoms with E-state index in [1.54, 1.807) is 71.0 Å². The topological polar surface area (TPSA) is 450 Å². The molecule has 0 radical (unpaired) electrons. The van der Waals surface area contributed by atoms with Crippen LogP contribution in [0.15, 0.2) is 65.7 Å². The van der Waals surface area contributed by atoms with Crippen molar-refractivity contribution in [3.63, 3.8) is 0 Å². The van der Waals surface area contributed by atoms with Gasteiger partial charge in [0.15, 0.2) is 6.29 Å². The molecule has 2 unspecified atom stereocenters. The molecule has 8 rings (SSSR count). The number of aromatic nitrogens is 1. The number of rotatable bonds is 16. The Balaban J connectivity index is 1.06. The van der Waals surface area contributed by atoms with Crippen LogP contribution in [-0.4, -0.2) is 184 Å². The van der Waals surface area contributed by atoms with Crippen molar-refractivity contribution in [3.05, 3.63) is 71.8 Å². The summed E-state index contributed by atoms with van der Waals surface area (Å²) in [5, 5.41) is 37.5. The molecule has 5 aliphatic rings. The lowest BCUT2D eigenvalue weighted by Gasteiger charge is -2.33. The van der Waals surface area contributed by atoms with Crippen molar-refractivity contribution in [2.45, 2.75) is 139 Å². The van der Waals surface area contributed by atoms with E-state index in [1.807, 2.05) is 0 Å². The summed E-state index contributed by atoms with van der Waals surface area (Å²) in [5.41, 5.74) is 7.40. The Morgan fingerprint density at radius 1 is 0.787 bits per heavy atom. The van der Waals surface area contributed by atoms with E-state index < -0.39 is 194 Å². The molecule has 14 amide bonds. The molecule has 502 valence electrons. The van der Waals surface area contributed by atoms with E-state index >= 15 is 4.79 Å². The minimum Gasteiger partial charge on any atom is -0.370 e. The molecule has 2 bridgehead atoms. The van der Waals surface area contributed by atoms with Gasteiger partial charge in [-0.3, -0.25) is 72.0 Å². The van der Waals surface area contributed by atoms with E-state index in [9.17, 15) is 67.6 Å². The maximum absolute atomic E-state index is 15.4. The molecule has 3 aromatic rings. The van der Waals surface area contributed by atoms with Crippen LogP contribution in [-0.2, 0) is 83.0 Å². The van der Waals surface area contributed by atoms with Crippen molar-refractivity contribution in [1.82, 2.24) is 62.6 Å². The molecule has 6 heterocycles. The van der Waals surface area contributed by atoms with Crippen LogP contribution in [0.4, 0.5) is 5.69 Å². The minimum atomic E-state index is -1.76. The fourth-order valence-electron chi connectivity index (χ4n) is 11.1. The van der Waals surface area contributed by atoms with Gasteiger partial charge in [0.1, 0.15) is 48.1 Å². The number of hydrogen-bond acceptors (Lipinski definition) is 18. The average molecular weight is 1340 g/mol. The number of nitrogens with two attached hydrogens (primary N) is 1. The number of benzene rings is 2. The fourth-order valence-corrected chi connectivity index (χ4v) is 14.0. The Bertz CT molecular complexity index is 3540. The number of fused-ring (bicyclic) bond motifs is 5. The first kappa shape index (κ1) is 70.6. The summed E-state index contributed by atoms with van der Waals surface area (Å²) in [7, 11) is -0.633. The SMILES string of the molecule is CC[C@H](C)[C@@H]1NC(=O)CNC(=O)[C@@H]2Cc3c([nH]c4ccccc34)SP[C@H](NC(=O)CNC1=O)C(=O)N[C@@H](CC(N)=O)C(=O)N1C[C@H](C#N)C[C@H]1C(=O)N[C@@H]([C@@H](C)[C@@H]1COC(c3ccc(NC(=O)[C@H](C)NC(=O)[C@@H](NC(=O)CCN4C(=O)C=CC4=O)C(C)C)cc3)O1)C(=O)N2. The number of anilines is 1. The van der Waals surface area contributed by atoms with Crippen LogP contribution in [0.2, 0.25) is 0 Å². The Morgan fingerprint density at radius 2 is 1.47 bits per heavy atom. The van der Waals surface area contributed by atoms with E-state index in [1.165, 1.54) is 19.1 Å². The normalized spacial score (nSPS) is 25.9. The minimum absolute atomic E-state index is 0.180. The molecule has 31 nitrogen and oxygen atoms in total. The Hall–Kier alpha value is -9.31. The highest BCUT2D eigenvalue weighted by molar-refractivity contribution is 8.49. The van der Waals surface area contributed by atoms with Gasteiger partial charge in [0.2, 0.25) is 70.9 Å². The Morgan fingerprint density at radius 3 is 2.14 bits per heavy atom. The van der Waals surface area contributed by atoms with Gasteiger partial charge in [-0.15, -0.1) is 0 Å². The highest BCUT2D eigenvalue weighted by atomic mass is 32.7. The van der Waals surface area contributed by atoms with Gasteiger partial charge in [0.05, 0.1) is 49.2 Å². The predicted octanol–water partition coefficient (Wildman–Crippen LogP) is -1.65. The molecule has 94 heavy (non-hydrogen) atoms. The standard InChI is InChI=1S/C61H76N15O16PS/c1-7-29(4)49-54(86)65-25-45(80)73-58-57(89)69-39(22-42(63)77)60(90)76-26-32(23-62)20-40(76)53(85)74-50(56(88)68-38(52(84)64-24-44(79)72-49)21-36-35-10-8-9-11-37(35)70-59(36)94-93-58)30(5)41-27-91-61(92-41)33-12-14-34(15-13-33)67-51(83)31(6)66-55(87)48(28(2)3)71-43(78)18-19-75-46(81)16-17-47(75)82/h8-17,28-32,38-41,48-50,58,61,70,93H,7,18-22,24-27H2,1-6H3,(H2,63,77)(H,64,84)(H,65,86)(H,66,87)(H,67,83)(H,68,88)(H,69,89)(H,71,78)(H,72,79)(H,73,80)(H,74,85)/t29-,30-,31-,32-,38-,39-,40-,41-,48-,49-,50-,58-,61?/m0/s1. The molecule has 0 aliphatic carbocycles. The molecule has 0 spiro atoms. The van der Waals surface area contributed by atoms with E-state index in [0.29, 0.717) is 39.2 Å². The van der Waals surface area contributed by atoms with E-state index in [-0.39, 0.29) is 39.0 Å². The number of H-pyrrole nitrogens is 1. The lowest BCUT2D eigenvalue weighted by molar-refractivity contribution is -0.144. The molecule has 1 aromatic heterocycles. The molecule has 2 saturated heterocycles. The number of nitrogens with one attached hydrogen (secondary N) is 11. The van der Waals surface area contributed by atoms with Gasteiger partial charge in [-0.25, -0.2) is 0 Å². The van der Waals surface area contributed by atoms with Gasteiger partial charge >= 0.3 is 0 Å². The summed E-state index contributed by atoms with van der Waals surface area (Å²) in [6, 6.07) is 5.44. The maximum Gasteiger partial charge on any atom is 0.253 e. The third-order valence-corrected chi connectivity index (χ3v) is 19.7. The lowest BCUT2D eigenvalue weighted by atomic mass is 9.93. The smallest absolute Gasteiger partial charge is 0.253 e. The fraction of sp³-hybridized carbons (Fsp3) is 0.492. The highest BCUT2D eigenvalue weighted by Crippen LogP contribution is 2.44. The monoisotopic (exact) mass is 1340 g/mol. The number of aromatic amines is 1. The third kappa shape index (κ3) is 17.5. The van der Waals surface area contributed by atoms with Crippen molar-refractivity contribution in [2.75, 3.05) is 38.1 Å². The van der Waals surface area contributed by atoms with Gasteiger partial charge in [-0.1, -0.05) is 82.8 Å². The lowest BCUT2D eigenvalue weighted by Crippen LogP contribution is -2.61. The van der Waals surface area contributed by atoms with Gasteiger partial charge in [-0.05, 0) is 56.7 Å². The van der Waals surface area contributed by atoms with Crippen molar-refractivity contribution in [1.29, 1.82) is 5.26 Å². The quantitative estimate of drug-likeness (QED) is 0.0565. The second kappa shape index (κ2) is 31.5. The highest BCUT2D eigenvalue weighted by Gasteiger charge is 2.47. The number of nitriles is 1. The first-order chi connectivity index (χ1) is 44.7. The van der Waals surface area contributed by atoms with Crippen LogP contribution in [0.5, 0.6) is 0 Å². The van der Waals surface area contributed by atoms with Crippen molar-refractivity contribution in [3.8, 4) is 6.07 Å². The van der Waals surface area contributed by atoms with Gasteiger partial charge in [0.25, 0.3) is 11.8 Å². The third-order valence-electron chi connectivity index (χ3n) is 16.7. The molecule has 2 aromatic carbocycles. The molecule has 2 fully saturated rings. The van der Waals surface area contributed by atoms with Crippen LogP contribution in [0.3, 0.4) is 0 Å². The second-order valence-electron chi connectivity index (χ2n) is 23.9. The van der Waals surface area contributed by atoms with Crippen molar-refractivity contribution in [2.24, 2.45) is 29.4 Å². The van der Waals surface area contributed by atoms with Crippen LogP contribution < -0.4 is 58.9 Å². The number of hydrogen-bond donors (Lipinski definition) is 12. The number of primary amides is 1. The average Bonchev–Trinajstić information content (AvgIpc) is 1.65. The van der Waals surface area contributed by atoms with Gasteiger partial charge in [-0.2, -0.15) is 5.26 Å². The summed E-state index contributed by atoms with van der Waals surface area (Å²) >= 11 is 1.05. The first-order valence-electron chi connectivity index (χ1n) is 30.6. The molecule has 33 heteroatoms. The van der Waals surface area contributed by atoms with Gasteiger partial charge < -0.3 is 78.3 Å². The van der Waals surface area contributed by atoms with Crippen LogP contribution in [0.25, 0.3) is 10.9 Å². The summed E-state index contributed by atoms with van der Waals surface area (Å²) in [4.78, 5) is 197. The van der Waals surface area contributed by atoms with Gasteiger partial charge in [0, 0.05) is 66.2 Å². The molecule has 14 atom stereocenters.